The van der Waals surface area contributed by atoms with E-state index in [4.69, 9.17) is 16.6 Å². The number of aromatic nitrogens is 2. The zero-order chi connectivity index (χ0) is 10.3. The molecule has 0 spiro atoms. The van der Waals surface area contributed by atoms with Crippen molar-refractivity contribution in [3.63, 3.8) is 0 Å². The molecule has 0 unspecified atom stereocenters. The van der Waals surface area contributed by atoms with Crippen molar-refractivity contribution in [2.24, 2.45) is 0 Å². The van der Waals surface area contributed by atoms with Crippen molar-refractivity contribution in [2.75, 3.05) is 0 Å². The molecule has 0 saturated heterocycles. The number of nitrogens with zero attached hydrogens (tertiary/aromatic N) is 1. The fraction of sp³-hybridized carbons (Fsp3) is 0.273. The van der Waals surface area contributed by atoms with Crippen LogP contribution in [0.3, 0.4) is 0 Å². The summed E-state index contributed by atoms with van der Waals surface area (Å²) in [5.41, 5.74) is 2.43. The summed E-state index contributed by atoms with van der Waals surface area (Å²) in [5, 5.41) is 0. The van der Waals surface area contributed by atoms with Gasteiger partial charge in [0.1, 0.15) is 4.64 Å². The number of aryl methyl sites for hydroxylation is 1. The van der Waals surface area contributed by atoms with Gasteiger partial charge >= 0.3 is 0 Å². The van der Waals surface area contributed by atoms with E-state index in [1.54, 1.807) is 6.26 Å². The van der Waals surface area contributed by atoms with Crippen molar-refractivity contribution in [1.29, 1.82) is 0 Å². The predicted octanol–water partition coefficient (Wildman–Crippen LogP) is 2.89. The maximum Gasteiger partial charge on any atom is 0.175 e. The van der Waals surface area contributed by atoms with Gasteiger partial charge in [-0.1, -0.05) is 12.2 Å². The Balaban J connectivity index is 2.20. The first-order valence-corrected chi connectivity index (χ1v) is 5.41. The van der Waals surface area contributed by atoms with Gasteiger partial charge in [0, 0.05) is 11.3 Å². The minimum Gasteiger partial charge on any atom is -0.461 e. The molecule has 3 rings (SSSR count). The molecule has 0 fully saturated rings. The largest absolute Gasteiger partial charge is 0.461 e. The topological polar surface area (TPSA) is 41.8 Å². The summed E-state index contributed by atoms with van der Waals surface area (Å²) in [6.45, 7) is 0. The number of rotatable bonds is 1. The molecule has 0 aromatic carbocycles. The maximum absolute atomic E-state index is 5.29. The van der Waals surface area contributed by atoms with Crippen LogP contribution >= 0.6 is 12.2 Å². The van der Waals surface area contributed by atoms with E-state index >= 15 is 0 Å². The van der Waals surface area contributed by atoms with Gasteiger partial charge in [-0.2, -0.15) is 0 Å². The minimum absolute atomic E-state index is 0.715. The average Bonchev–Trinajstić information content (AvgIpc) is 2.88. The summed E-state index contributed by atoms with van der Waals surface area (Å²) in [6.07, 6.45) is 4.92. The molecule has 1 N–H and O–H groups in total. The summed E-state index contributed by atoms with van der Waals surface area (Å²) < 4.78 is 6.01. The first kappa shape index (κ1) is 8.85. The van der Waals surface area contributed by atoms with E-state index in [9.17, 15) is 0 Å². The summed E-state index contributed by atoms with van der Waals surface area (Å²) in [6, 6.07) is 3.73. The summed E-state index contributed by atoms with van der Waals surface area (Å²) in [5.74, 6) is 1.49. The normalized spacial score (nSPS) is 14.1. The van der Waals surface area contributed by atoms with Crippen LogP contribution < -0.4 is 0 Å². The van der Waals surface area contributed by atoms with Crippen LogP contribution in [0.5, 0.6) is 0 Å². The molecule has 2 aromatic heterocycles. The van der Waals surface area contributed by atoms with E-state index in [1.807, 2.05) is 12.1 Å². The van der Waals surface area contributed by atoms with Gasteiger partial charge < -0.3 is 9.40 Å². The molecule has 0 amide bonds. The van der Waals surface area contributed by atoms with Crippen LogP contribution in [0, 0.1) is 4.64 Å². The lowest BCUT2D eigenvalue weighted by molar-refractivity contribution is 0.576. The minimum atomic E-state index is 0.715. The second-order valence-electron chi connectivity index (χ2n) is 3.68. The second kappa shape index (κ2) is 3.31. The lowest BCUT2D eigenvalue weighted by Crippen LogP contribution is -1.96. The molecule has 1 aliphatic carbocycles. The van der Waals surface area contributed by atoms with Crippen molar-refractivity contribution in [3.05, 3.63) is 34.3 Å². The number of nitrogens with one attached hydrogen (secondary N) is 1. The maximum atomic E-state index is 5.29. The van der Waals surface area contributed by atoms with Crippen LogP contribution in [0.2, 0.25) is 0 Å². The fourth-order valence-corrected chi connectivity index (χ4v) is 2.30. The van der Waals surface area contributed by atoms with E-state index in [0.717, 1.165) is 24.4 Å². The molecule has 0 aliphatic heterocycles. The Morgan fingerprint density at radius 1 is 1.40 bits per heavy atom. The monoisotopic (exact) mass is 218 g/mol. The first-order valence-electron chi connectivity index (χ1n) is 5.00. The molecule has 15 heavy (non-hydrogen) atoms. The SMILES string of the molecule is S=c1nc(-c2ccco2)[nH]c2c1CCC2. The van der Waals surface area contributed by atoms with Crippen molar-refractivity contribution in [2.45, 2.75) is 19.3 Å². The second-order valence-corrected chi connectivity index (χ2v) is 4.07. The molecule has 0 bridgehead atoms. The van der Waals surface area contributed by atoms with Crippen LogP contribution in [0.15, 0.2) is 22.8 Å². The number of aromatic amines is 1. The summed E-state index contributed by atoms with van der Waals surface area (Å²) in [7, 11) is 0. The Bertz CT molecular complexity index is 542. The lowest BCUT2D eigenvalue weighted by atomic mass is 10.2. The van der Waals surface area contributed by atoms with Gasteiger partial charge in [-0.15, -0.1) is 0 Å². The van der Waals surface area contributed by atoms with Gasteiger partial charge in [0.15, 0.2) is 11.6 Å². The molecule has 1 aliphatic rings. The zero-order valence-electron chi connectivity index (χ0n) is 8.12. The lowest BCUT2D eigenvalue weighted by Gasteiger charge is -2.02. The molecule has 0 radical (unpaired) electrons. The zero-order valence-corrected chi connectivity index (χ0v) is 8.93. The standard InChI is InChI=1S/C11H10N2OS/c15-11-7-3-1-4-8(7)12-10(13-11)9-5-2-6-14-9/h2,5-6H,1,3-4H2,(H,12,13,15). The van der Waals surface area contributed by atoms with E-state index in [2.05, 4.69) is 9.97 Å². The van der Waals surface area contributed by atoms with E-state index < -0.39 is 0 Å². The highest BCUT2D eigenvalue weighted by molar-refractivity contribution is 7.71. The summed E-state index contributed by atoms with van der Waals surface area (Å²) >= 11 is 5.27. The highest BCUT2D eigenvalue weighted by atomic mass is 32.1. The fourth-order valence-electron chi connectivity index (χ4n) is 1.99. The highest BCUT2D eigenvalue weighted by Gasteiger charge is 2.15. The molecule has 0 saturated carbocycles. The van der Waals surface area contributed by atoms with E-state index in [1.165, 1.54) is 17.7 Å². The smallest absolute Gasteiger partial charge is 0.175 e. The van der Waals surface area contributed by atoms with E-state index in [-0.39, 0.29) is 0 Å². The third-order valence-electron chi connectivity index (χ3n) is 2.71. The Morgan fingerprint density at radius 3 is 3.13 bits per heavy atom. The van der Waals surface area contributed by atoms with Crippen LogP contribution in [0.4, 0.5) is 0 Å². The molecular weight excluding hydrogens is 208 g/mol. The number of fused-ring (bicyclic) bond motifs is 1. The molecule has 76 valence electrons. The van der Waals surface area contributed by atoms with Crippen molar-refractivity contribution in [3.8, 4) is 11.6 Å². The Morgan fingerprint density at radius 2 is 2.33 bits per heavy atom. The van der Waals surface area contributed by atoms with Gasteiger partial charge in [0.25, 0.3) is 0 Å². The van der Waals surface area contributed by atoms with Crippen LogP contribution in [-0.2, 0) is 12.8 Å². The van der Waals surface area contributed by atoms with Gasteiger partial charge in [0.2, 0.25) is 0 Å². The highest BCUT2D eigenvalue weighted by Crippen LogP contribution is 2.24. The number of H-pyrrole nitrogens is 1. The third-order valence-corrected chi connectivity index (χ3v) is 3.05. The van der Waals surface area contributed by atoms with Crippen molar-refractivity contribution >= 4 is 12.2 Å². The van der Waals surface area contributed by atoms with Gasteiger partial charge in [-0.05, 0) is 31.4 Å². The molecule has 2 aromatic rings. The van der Waals surface area contributed by atoms with Gasteiger partial charge in [-0.25, -0.2) is 4.98 Å². The third kappa shape index (κ3) is 1.41. The number of hydrogen-bond donors (Lipinski definition) is 1. The number of hydrogen-bond acceptors (Lipinski definition) is 3. The van der Waals surface area contributed by atoms with Crippen molar-refractivity contribution in [1.82, 2.24) is 9.97 Å². The Hall–Kier alpha value is -1.42. The van der Waals surface area contributed by atoms with Gasteiger partial charge in [-0.3, -0.25) is 0 Å². The Kier molecular flexibility index (Phi) is 1.95. The van der Waals surface area contributed by atoms with Crippen molar-refractivity contribution < 1.29 is 4.42 Å². The number of furan rings is 1. The first-order chi connectivity index (χ1) is 7.34. The summed E-state index contributed by atoms with van der Waals surface area (Å²) in [4.78, 5) is 7.65. The van der Waals surface area contributed by atoms with Crippen LogP contribution in [0.25, 0.3) is 11.6 Å². The van der Waals surface area contributed by atoms with Crippen LogP contribution in [-0.4, -0.2) is 9.97 Å². The van der Waals surface area contributed by atoms with Crippen LogP contribution in [0.1, 0.15) is 17.7 Å². The predicted molar refractivity (Wildman–Crippen MR) is 59.1 cm³/mol. The quantitative estimate of drug-likeness (QED) is 0.748. The molecule has 2 heterocycles. The molecular formula is C11H10N2OS. The van der Waals surface area contributed by atoms with E-state index in [0.29, 0.717) is 4.64 Å². The molecule has 4 heteroatoms. The Labute approximate surface area is 92.2 Å². The molecule has 3 nitrogen and oxygen atoms in total. The average molecular weight is 218 g/mol. The molecule has 0 atom stereocenters. The van der Waals surface area contributed by atoms with Gasteiger partial charge in [0.05, 0.1) is 6.26 Å².